The summed E-state index contributed by atoms with van der Waals surface area (Å²) in [6, 6.07) is 6.11. The number of aromatic nitrogens is 2. The summed E-state index contributed by atoms with van der Waals surface area (Å²) in [5.41, 5.74) is 9.00. The average Bonchev–Trinajstić information content (AvgIpc) is 3.06. The van der Waals surface area contributed by atoms with Crippen LogP contribution in [-0.4, -0.2) is 47.0 Å². The van der Waals surface area contributed by atoms with Gasteiger partial charge in [-0.15, -0.1) is 0 Å². The van der Waals surface area contributed by atoms with Gasteiger partial charge in [-0.3, -0.25) is 10.3 Å². The van der Waals surface area contributed by atoms with Crippen LogP contribution in [0.3, 0.4) is 0 Å². The molecule has 2 heterocycles. The second-order valence-corrected chi connectivity index (χ2v) is 6.40. The van der Waals surface area contributed by atoms with Crippen LogP contribution < -0.4 is 11.1 Å². The fourth-order valence-corrected chi connectivity index (χ4v) is 3.16. The van der Waals surface area contributed by atoms with E-state index < -0.39 is 0 Å². The van der Waals surface area contributed by atoms with Gasteiger partial charge in [0.15, 0.2) is 5.96 Å². The van der Waals surface area contributed by atoms with Gasteiger partial charge < -0.3 is 10.6 Å². The molecule has 0 saturated carbocycles. The lowest BCUT2D eigenvalue weighted by molar-refractivity contribution is 0.336. The number of anilines is 1. The van der Waals surface area contributed by atoms with Crippen LogP contribution in [0.2, 0.25) is 0 Å². The number of aryl methyl sites for hydroxylation is 2. The summed E-state index contributed by atoms with van der Waals surface area (Å²) in [4.78, 5) is 15.9. The molecule has 6 nitrogen and oxygen atoms in total. The van der Waals surface area contributed by atoms with Crippen molar-refractivity contribution in [2.45, 2.75) is 33.1 Å². The molecule has 0 unspecified atom stereocenters. The number of guanidine groups is 1. The number of nitrogens with zero attached hydrogens (tertiary/aromatic N) is 4. The molecule has 24 heavy (non-hydrogen) atoms. The van der Waals surface area contributed by atoms with E-state index in [-0.39, 0.29) is 0 Å². The Hall–Kier alpha value is -2.21. The van der Waals surface area contributed by atoms with E-state index >= 15 is 0 Å². The standard InChI is InChI=1S/C18H26N6/c1-13-7-5-8-15-14(2)21-18(22-16(13)15)23-17(19)20-9-6-12-24-10-3-4-11-24/h5,7-8H,3-4,6,9-12H2,1-2H3,(H3,19,20,21,22,23). The molecule has 3 N–H and O–H groups in total. The van der Waals surface area contributed by atoms with Gasteiger partial charge >= 0.3 is 0 Å². The molecule has 0 atom stereocenters. The summed E-state index contributed by atoms with van der Waals surface area (Å²) in [5, 5.41) is 4.09. The monoisotopic (exact) mass is 326 g/mol. The number of hydrogen-bond acceptors (Lipinski definition) is 4. The summed E-state index contributed by atoms with van der Waals surface area (Å²) < 4.78 is 0. The van der Waals surface area contributed by atoms with E-state index in [1.165, 1.54) is 25.9 Å². The van der Waals surface area contributed by atoms with Crippen LogP contribution in [0.4, 0.5) is 5.95 Å². The zero-order valence-corrected chi connectivity index (χ0v) is 14.5. The fourth-order valence-electron chi connectivity index (χ4n) is 3.16. The third-order valence-electron chi connectivity index (χ3n) is 4.47. The Morgan fingerprint density at radius 2 is 2.04 bits per heavy atom. The van der Waals surface area contributed by atoms with Crippen LogP contribution in [-0.2, 0) is 0 Å². The third kappa shape index (κ3) is 4.00. The first-order valence-electron chi connectivity index (χ1n) is 8.67. The molecule has 0 amide bonds. The van der Waals surface area contributed by atoms with E-state index in [4.69, 9.17) is 5.73 Å². The average molecular weight is 326 g/mol. The van der Waals surface area contributed by atoms with Crippen molar-refractivity contribution >= 4 is 22.8 Å². The Bertz CT molecular complexity index is 734. The zero-order chi connectivity index (χ0) is 16.9. The van der Waals surface area contributed by atoms with Crippen molar-refractivity contribution in [1.82, 2.24) is 14.9 Å². The van der Waals surface area contributed by atoms with Crippen LogP contribution in [0, 0.1) is 13.8 Å². The summed E-state index contributed by atoms with van der Waals surface area (Å²) in [5.74, 6) is 0.888. The smallest absolute Gasteiger partial charge is 0.230 e. The number of rotatable bonds is 5. The summed E-state index contributed by atoms with van der Waals surface area (Å²) in [6.07, 6.45) is 3.68. The van der Waals surface area contributed by atoms with E-state index in [0.717, 1.165) is 41.7 Å². The minimum absolute atomic E-state index is 0.378. The molecule has 1 aromatic carbocycles. The highest BCUT2D eigenvalue weighted by Gasteiger charge is 2.10. The zero-order valence-electron chi connectivity index (χ0n) is 14.5. The number of para-hydroxylation sites is 1. The first kappa shape index (κ1) is 16.6. The van der Waals surface area contributed by atoms with Crippen LogP contribution in [0.15, 0.2) is 23.2 Å². The first-order valence-corrected chi connectivity index (χ1v) is 8.67. The highest BCUT2D eigenvalue weighted by atomic mass is 15.2. The summed E-state index contributed by atoms with van der Waals surface area (Å²) in [7, 11) is 0. The molecule has 0 spiro atoms. The molecule has 3 rings (SSSR count). The normalized spacial score (nSPS) is 16.0. The fraction of sp³-hybridized carbons (Fsp3) is 0.500. The predicted molar refractivity (Wildman–Crippen MR) is 99.4 cm³/mol. The Labute approximate surface area is 143 Å². The first-order chi connectivity index (χ1) is 11.6. The van der Waals surface area contributed by atoms with Gasteiger partial charge in [-0.1, -0.05) is 18.2 Å². The SMILES string of the molecule is Cc1nc(NC(N)=NCCCN2CCCC2)nc2c(C)cccc12. The Kier molecular flexibility index (Phi) is 5.25. The van der Waals surface area contributed by atoms with E-state index in [2.05, 4.69) is 25.2 Å². The van der Waals surface area contributed by atoms with E-state index in [9.17, 15) is 0 Å². The number of fused-ring (bicyclic) bond motifs is 1. The molecule has 128 valence electrons. The van der Waals surface area contributed by atoms with Crippen molar-refractivity contribution in [1.29, 1.82) is 0 Å². The molecule has 1 aliphatic rings. The molecule has 1 saturated heterocycles. The van der Waals surface area contributed by atoms with Gasteiger partial charge in [-0.25, -0.2) is 9.97 Å². The molecule has 1 aromatic heterocycles. The van der Waals surface area contributed by atoms with Gasteiger partial charge in [0.25, 0.3) is 0 Å². The maximum Gasteiger partial charge on any atom is 0.230 e. The Morgan fingerprint density at radius 1 is 1.25 bits per heavy atom. The molecular weight excluding hydrogens is 300 g/mol. The molecule has 2 aromatic rings. The Balaban J connectivity index is 1.61. The topological polar surface area (TPSA) is 79.4 Å². The Morgan fingerprint density at radius 3 is 2.83 bits per heavy atom. The van der Waals surface area contributed by atoms with Gasteiger partial charge in [0, 0.05) is 11.9 Å². The number of aliphatic imine (C=N–C) groups is 1. The maximum absolute atomic E-state index is 5.98. The predicted octanol–water partition coefficient (Wildman–Crippen LogP) is 2.46. The van der Waals surface area contributed by atoms with Crippen molar-refractivity contribution in [3.05, 3.63) is 29.5 Å². The highest BCUT2D eigenvalue weighted by molar-refractivity contribution is 5.92. The highest BCUT2D eigenvalue weighted by Crippen LogP contribution is 2.20. The second-order valence-electron chi connectivity index (χ2n) is 6.40. The van der Waals surface area contributed by atoms with Gasteiger partial charge in [0.2, 0.25) is 5.95 Å². The molecular formula is C18H26N6. The minimum atomic E-state index is 0.378. The van der Waals surface area contributed by atoms with E-state index in [0.29, 0.717) is 11.9 Å². The third-order valence-corrected chi connectivity index (χ3v) is 4.47. The van der Waals surface area contributed by atoms with Crippen molar-refractivity contribution < 1.29 is 0 Å². The lowest BCUT2D eigenvalue weighted by atomic mass is 10.1. The van der Waals surface area contributed by atoms with Crippen LogP contribution in [0.1, 0.15) is 30.5 Å². The molecule has 6 heteroatoms. The van der Waals surface area contributed by atoms with E-state index in [1.54, 1.807) is 0 Å². The van der Waals surface area contributed by atoms with Crippen LogP contribution >= 0.6 is 0 Å². The maximum atomic E-state index is 5.98. The van der Waals surface area contributed by atoms with Crippen LogP contribution in [0.25, 0.3) is 10.9 Å². The van der Waals surface area contributed by atoms with E-state index in [1.807, 2.05) is 32.0 Å². The quantitative estimate of drug-likeness (QED) is 0.501. The second kappa shape index (κ2) is 7.57. The number of nitrogens with two attached hydrogens (primary N) is 1. The molecule has 0 radical (unpaired) electrons. The number of nitrogens with one attached hydrogen (secondary N) is 1. The van der Waals surface area contributed by atoms with Gasteiger partial charge in [0.05, 0.1) is 11.2 Å². The lowest BCUT2D eigenvalue weighted by Crippen LogP contribution is -2.25. The van der Waals surface area contributed by atoms with Crippen LogP contribution in [0.5, 0.6) is 0 Å². The van der Waals surface area contributed by atoms with Crippen molar-refractivity contribution in [3.8, 4) is 0 Å². The molecule has 0 bridgehead atoms. The van der Waals surface area contributed by atoms with Gasteiger partial charge in [-0.05, 0) is 58.3 Å². The number of benzene rings is 1. The van der Waals surface area contributed by atoms with Gasteiger partial charge in [-0.2, -0.15) is 0 Å². The molecule has 1 fully saturated rings. The lowest BCUT2D eigenvalue weighted by Gasteiger charge is -2.13. The number of likely N-dealkylation sites (tertiary alicyclic amines) is 1. The van der Waals surface area contributed by atoms with Crippen molar-refractivity contribution in [3.63, 3.8) is 0 Å². The van der Waals surface area contributed by atoms with Crippen molar-refractivity contribution in [2.24, 2.45) is 10.7 Å². The molecule has 0 aliphatic carbocycles. The summed E-state index contributed by atoms with van der Waals surface area (Å²) >= 11 is 0. The van der Waals surface area contributed by atoms with Gasteiger partial charge in [0.1, 0.15) is 0 Å². The summed E-state index contributed by atoms with van der Waals surface area (Å²) in [6.45, 7) is 8.30. The molecule has 1 aliphatic heterocycles. The largest absolute Gasteiger partial charge is 0.370 e. The number of hydrogen-bond donors (Lipinski definition) is 2. The van der Waals surface area contributed by atoms with Crippen molar-refractivity contribution in [2.75, 3.05) is 31.5 Å². The minimum Gasteiger partial charge on any atom is -0.370 e.